The van der Waals surface area contributed by atoms with Gasteiger partial charge in [0.25, 0.3) is 0 Å². The number of esters is 1. The zero-order chi connectivity index (χ0) is 26.2. The minimum Gasteiger partial charge on any atom is -0.464 e. The molecule has 2 atom stereocenters. The first-order chi connectivity index (χ1) is 17.4. The molecule has 198 valence electrons. The van der Waals surface area contributed by atoms with Crippen molar-refractivity contribution in [2.24, 2.45) is 11.8 Å². The third-order valence-corrected chi connectivity index (χ3v) is 6.79. The number of rotatable bonds is 17. The van der Waals surface area contributed by atoms with Crippen molar-refractivity contribution in [1.29, 1.82) is 0 Å². The summed E-state index contributed by atoms with van der Waals surface area (Å²) in [6, 6.07) is 9.85. The van der Waals surface area contributed by atoms with Crippen LogP contribution in [0.1, 0.15) is 63.4 Å². The van der Waals surface area contributed by atoms with Crippen LogP contribution in [-0.2, 0) is 25.5 Å². The van der Waals surface area contributed by atoms with Crippen LogP contribution in [0.2, 0.25) is 0 Å². The molecule has 1 aliphatic carbocycles. The molecule has 0 spiro atoms. The molecule has 0 aliphatic heterocycles. The lowest BCUT2D eigenvalue weighted by molar-refractivity contribution is -0.149. The van der Waals surface area contributed by atoms with E-state index in [1.54, 1.807) is 6.08 Å². The van der Waals surface area contributed by atoms with Gasteiger partial charge in [0.05, 0.1) is 30.5 Å². The van der Waals surface area contributed by atoms with Crippen LogP contribution >= 0.6 is 0 Å². The lowest BCUT2D eigenvalue weighted by atomic mass is 9.94. The number of nitrogens with one attached hydrogen (secondary N) is 2. The number of benzene rings is 1. The fraction of sp³-hybridized carbons (Fsp3) is 0.552. The Morgan fingerprint density at radius 1 is 1.08 bits per heavy atom. The number of unbranched alkanes of at least 4 members (excludes halogenated alkanes) is 1. The van der Waals surface area contributed by atoms with E-state index in [4.69, 9.17) is 4.74 Å². The van der Waals surface area contributed by atoms with Gasteiger partial charge in [0.15, 0.2) is 0 Å². The van der Waals surface area contributed by atoms with Gasteiger partial charge in [-0.1, -0.05) is 55.3 Å². The van der Waals surface area contributed by atoms with Crippen molar-refractivity contribution in [3.05, 3.63) is 61.2 Å². The number of ether oxygens (including phenoxy) is 1. The summed E-state index contributed by atoms with van der Waals surface area (Å²) in [5.74, 6) is -1.63. The van der Waals surface area contributed by atoms with Crippen molar-refractivity contribution in [2.75, 3.05) is 19.8 Å². The molecule has 1 aliphatic rings. The van der Waals surface area contributed by atoms with Crippen molar-refractivity contribution >= 4 is 17.8 Å². The highest BCUT2D eigenvalue weighted by Gasteiger charge is 2.35. The lowest BCUT2D eigenvalue weighted by Crippen LogP contribution is -2.50. The zero-order valence-corrected chi connectivity index (χ0v) is 21.4. The fourth-order valence-electron chi connectivity index (χ4n) is 4.73. The van der Waals surface area contributed by atoms with E-state index in [1.165, 1.54) is 0 Å². The first kappa shape index (κ1) is 29.3. The molecule has 0 saturated heterocycles. The molecule has 1 aromatic carbocycles. The molecule has 1 saturated carbocycles. The molecule has 0 heterocycles. The zero-order valence-electron chi connectivity index (χ0n) is 21.4. The van der Waals surface area contributed by atoms with E-state index >= 15 is 0 Å². The lowest BCUT2D eigenvalue weighted by Gasteiger charge is -2.28. The van der Waals surface area contributed by atoms with Gasteiger partial charge >= 0.3 is 5.97 Å². The van der Waals surface area contributed by atoms with Gasteiger partial charge < -0.3 is 20.5 Å². The van der Waals surface area contributed by atoms with Crippen molar-refractivity contribution < 1.29 is 24.2 Å². The second-order valence-corrected chi connectivity index (χ2v) is 9.68. The monoisotopic (exact) mass is 498 g/mol. The topological polar surface area (TPSA) is 105 Å². The Balaban J connectivity index is 1.81. The summed E-state index contributed by atoms with van der Waals surface area (Å²) in [7, 11) is 0. The summed E-state index contributed by atoms with van der Waals surface area (Å²) < 4.78 is 5.49. The van der Waals surface area contributed by atoms with Crippen molar-refractivity contribution in [2.45, 2.75) is 69.7 Å². The maximum Gasteiger partial charge on any atom is 0.309 e. The quantitative estimate of drug-likeness (QED) is 0.172. The van der Waals surface area contributed by atoms with Crippen molar-refractivity contribution in [3.63, 3.8) is 0 Å². The van der Waals surface area contributed by atoms with Crippen molar-refractivity contribution in [3.8, 4) is 0 Å². The molecule has 0 unspecified atom stereocenters. The molecule has 2 rings (SSSR count). The normalized spacial score (nSPS) is 15.9. The van der Waals surface area contributed by atoms with Crippen LogP contribution in [0.5, 0.6) is 0 Å². The van der Waals surface area contributed by atoms with Gasteiger partial charge in [0.2, 0.25) is 11.8 Å². The minimum atomic E-state index is -0.569. The van der Waals surface area contributed by atoms with Crippen LogP contribution in [0.4, 0.5) is 0 Å². The molecule has 3 N–H and O–H groups in total. The average Bonchev–Trinajstić information content (AvgIpc) is 3.35. The standard InChI is InChI=1S/C29H42N2O5/c1-3-5-7-15-25(20-23-13-8-6-9-14-23)28(35)36-19-18-30-27(34)24(12-4-2)21-26(33)31-29(22-32)16-10-11-17-29/h3-4,6,8-9,13-14,24-25,32H,1-2,5,7,10-12,15-22H2,(H,30,34)(H,31,33)/t24-,25-/m1/s1. The fourth-order valence-corrected chi connectivity index (χ4v) is 4.73. The van der Waals surface area contributed by atoms with E-state index in [9.17, 15) is 19.5 Å². The second-order valence-electron chi connectivity index (χ2n) is 9.68. The van der Waals surface area contributed by atoms with Crippen LogP contribution in [0.15, 0.2) is 55.6 Å². The van der Waals surface area contributed by atoms with Crippen molar-refractivity contribution in [1.82, 2.24) is 10.6 Å². The number of aliphatic hydroxyl groups is 1. The second kappa shape index (κ2) is 15.9. The first-order valence-electron chi connectivity index (χ1n) is 13.0. The average molecular weight is 499 g/mol. The molecule has 0 aromatic heterocycles. The number of aliphatic hydroxyl groups excluding tert-OH is 1. The largest absolute Gasteiger partial charge is 0.464 e. The Morgan fingerprint density at radius 2 is 1.81 bits per heavy atom. The highest BCUT2D eigenvalue weighted by molar-refractivity contribution is 5.86. The maximum atomic E-state index is 12.7. The number of amides is 2. The molecule has 2 amide bonds. The van der Waals surface area contributed by atoms with Gasteiger partial charge in [-0.3, -0.25) is 14.4 Å². The van der Waals surface area contributed by atoms with Gasteiger partial charge in [-0.2, -0.15) is 0 Å². The van der Waals surface area contributed by atoms with E-state index in [-0.39, 0.29) is 49.9 Å². The summed E-state index contributed by atoms with van der Waals surface area (Å²) in [5.41, 5.74) is 0.514. The van der Waals surface area contributed by atoms with Gasteiger partial charge in [0, 0.05) is 6.42 Å². The van der Waals surface area contributed by atoms with Gasteiger partial charge in [-0.05, 0) is 50.5 Å². The number of allylic oxidation sites excluding steroid dienone is 2. The molecular formula is C29H42N2O5. The third kappa shape index (κ3) is 9.97. The Hall–Kier alpha value is -2.93. The summed E-state index contributed by atoms with van der Waals surface area (Å²) in [5, 5.41) is 15.4. The molecule has 7 nitrogen and oxygen atoms in total. The summed E-state index contributed by atoms with van der Waals surface area (Å²) >= 11 is 0. The van der Waals surface area contributed by atoms with Crippen LogP contribution in [0.25, 0.3) is 0 Å². The van der Waals surface area contributed by atoms with Crippen LogP contribution in [0, 0.1) is 11.8 Å². The summed E-state index contributed by atoms with van der Waals surface area (Å²) in [4.78, 5) is 38.0. The van der Waals surface area contributed by atoms with Gasteiger partial charge in [0.1, 0.15) is 6.61 Å². The van der Waals surface area contributed by atoms with Crippen LogP contribution in [0.3, 0.4) is 0 Å². The van der Waals surface area contributed by atoms with Gasteiger partial charge in [-0.25, -0.2) is 0 Å². The highest BCUT2D eigenvalue weighted by atomic mass is 16.5. The van der Waals surface area contributed by atoms with E-state index in [0.717, 1.165) is 44.1 Å². The van der Waals surface area contributed by atoms with Crippen LogP contribution < -0.4 is 10.6 Å². The Labute approximate surface area is 215 Å². The smallest absolute Gasteiger partial charge is 0.309 e. The Morgan fingerprint density at radius 3 is 2.44 bits per heavy atom. The Kier molecular flexibility index (Phi) is 13.0. The minimum absolute atomic E-state index is 0.0157. The molecule has 1 aromatic rings. The third-order valence-electron chi connectivity index (χ3n) is 6.79. The van der Waals surface area contributed by atoms with E-state index in [1.807, 2.05) is 36.4 Å². The summed E-state index contributed by atoms with van der Waals surface area (Å²) in [6.45, 7) is 7.59. The molecule has 7 heteroatoms. The number of hydrogen-bond acceptors (Lipinski definition) is 5. The number of carbonyl (C=O) groups is 3. The molecule has 0 radical (unpaired) electrons. The predicted molar refractivity (Wildman–Crippen MR) is 141 cm³/mol. The Bertz CT molecular complexity index is 848. The van der Waals surface area contributed by atoms with E-state index in [2.05, 4.69) is 23.8 Å². The van der Waals surface area contributed by atoms with E-state index < -0.39 is 11.5 Å². The molecule has 0 bridgehead atoms. The predicted octanol–water partition coefficient (Wildman–Crippen LogP) is 3.86. The highest BCUT2D eigenvalue weighted by Crippen LogP contribution is 2.29. The first-order valence-corrected chi connectivity index (χ1v) is 13.0. The maximum absolute atomic E-state index is 12.7. The molecule has 1 fully saturated rings. The number of carbonyl (C=O) groups excluding carboxylic acids is 3. The van der Waals surface area contributed by atoms with E-state index in [0.29, 0.717) is 19.3 Å². The van der Waals surface area contributed by atoms with Gasteiger partial charge in [-0.15, -0.1) is 13.2 Å². The SMILES string of the molecule is C=CCCC[C@H](Cc1ccccc1)C(=O)OCCNC(=O)[C@H](CC=C)CC(=O)NC1(CO)CCCC1. The number of hydrogen-bond donors (Lipinski definition) is 3. The molecular weight excluding hydrogens is 456 g/mol. The van der Waals surface area contributed by atoms with Crippen LogP contribution in [-0.4, -0.2) is 48.2 Å². The summed E-state index contributed by atoms with van der Waals surface area (Å²) in [6.07, 6.45) is 10.3. The molecule has 36 heavy (non-hydrogen) atoms.